The van der Waals surface area contributed by atoms with E-state index >= 15 is 0 Å². The summed E-state index contributed by atoms with van der Waals surface area (Å²) in [6.45, 7) is 5.13. The van der Waals surface area contributed by atoms with Crippen LogP contribution in [0.3, 0.4) is 0 Å². The second kappa shape index (κ2) is 8.05. The van der Waals surface area contributed by atoms with Gasteiger partial charge < -0.3 is 20.1 Å². The number of nitrogens with zero attached hydrogens (tertiary/aromatic N) is 1. The highest BCUT2D eigenvalue weighted by molar-refractivity contribution is 5.76. The Kier molecular flexibility index (Phi) is 6.67. The maximum absolute atomic E-state index is 11.0. The zero-order chi connectivity index (χ0) is 13.4. The molecule has 1 heterocycles. The molecular formula is C12H22N2O4. The molecule has 6 nitrogen and oxygen atoms in total. The van der Waals surface area contributed by atoms with Gasteiger partial charge in [0, 0.05) is 12.5 Å². The first-order valence-corrected chi connectivity index (χ1v) is 6.38. The summed E-state index contributed by atoms with van der Waals surface area (Å²) in [6.07, 6.45) is 1.63. The summed E-state index contributed by atoms with van der Waals surface area (Å²) in [4.78, 5) is 24.2. The number of carbonyl (C=O) groups excluding carboxylic acids is 2. The van der Waals surface area contributed by atoms with Gasteiger partial charge in [-0.2, -0.15) is 0 Å². The Balaban J connectivity index is 2.04. The lowest BCUT2D eigenvalue weighted by atomic mass is 9.96. The van der Waals surface area contributed by atoms with Crippen molar-refractivity contribution in [3.63, 3.8) is 0 Å². The molecular weight excluding hydrogens is 236 g/mol. The second-order valence-corrected chi connectivity index (χ2v) is 4.38. The number of rotatable bonds is 7. The Labute approximate surface area is 107 Å². The van der Waals surface area contributed by atoms with Gasteiger partial charge in [0.05, 0.1) is 13.2 Å². The van der Waals surface area contributed by atoms with Gasteiger partial charge in [0.25, 0.3) is 0 Å². The minimum absolute atomic E-state index is 0.00555. The molecule has 1 rings (SSSR count). The standard InChI is InChI=1S/C12H22N2O4/c1-2-18-11(15)9-17-8-7-14-5-3-10(4-6-14)12(13)16/h10H,2-9H2,1H3,(H2,13,16). The van der Waals surface area contributed by atoms with Gasteiger partial charge in [-0.15, -0.1) is 0 Å². The summed E-state index contributed by atoms with van der Waals surface area (Å²) in [5, 5.41) is 0. The lowest BCUT2D eigenvalue weighted by Gasteiger charge is -2.30. The van der Waals surface area contributed by atoms with E-state index in [-0.39, 0.29) is 24.4 Å². The smallest absolute Gasteiger partial charge is 0.332 e. The average Bonchev–Trinajstić information content (AvgIpc) is 2.35. The molecule has 1 aliphatic rings. The van der Waals surface area contributed by atoms with Crippen molar-refractivity contribution in [2.24, 2.45) is 11.7 Å². The van der Waals surface area contributed by atoms with Gasteiger partial charge >= 0.3 is 5.97 Å². The molecule has 0 unspecified atom stereocenters. The zero-order valence-electron chi connectivity index (χ0n) is 10.9. The molecule has 1 amide bonds. The maximum Gasteiger partial charge on any atom is 0.332 e. The quantitative estimate of drug-likeness (QED) is 0.503. The van der Waals surface area contributed by atoms with Gasteiger partial charge in [-0.3, -0.25) is 4.79 Å². The fraction of sp³-hybridized carbons (Fsp3) is 0.833. The predicted octanol–water partition coefficient (Wildman–Crippen LogP) is -0.237. The third-order valence-electron chi connectivity index (χ3n) is 3.07. The first kappa shape index (κ1) is 14.9. The number of primary amides is 1. The molecule has 0 aromatic heterocycles. The monoisotopic (exact) mass is 258 g/mol. The molecule has 1 aliphatic heterocycles. The van der Waals surface area contributed by atoms with Crippen molar-refractivity contribution in [3.05, 3.63) is 0 Å². The number of nitrogens with two attached hydrogens (primary N) is 1. The summed E-state index contributed by atoms with van der Waals surface area (Å²) < 4.78 is 9.96. The van der Waals surface area contributed by atoms with E-state index in [0.717, 1.165) is 32.5 Å². The Morgan fingerprint density at radius 2 is 2.00 bits per heavy atom. The second-order valence-electron chi connectivity index (χ2n) is 4.38. The Morgan fingerprint density at radius 3 is 2.56 bits per heavy atom. The highest BCUT2D eigenvalue weighted by Gasteiger charge is 2.22. The Hall–Kier alpha value is -1.14. The molecule has 0 spiro atoms. The summed E-state index contributed by atoms with van der Waals surface area (Å²) in [5.74, 6) is -0.514. The van der Waals surface area contributed by atoms with Gasteiger partial charge in [0.15, 0.2) is 0 Å². The van der Waals surface area contributed by atoms with Crippen LogP contribution in [-0.4, -0.2) is 56.2 Å². The molecule has 0 aromatic rings. The van der Waals surface area contributed by atoms with Crippen LogP contribution in [0.5, 0.6) is 0 Å². The van der Waals surface area contributed by atoms with Crippen LogP contribution in [0.15, 0.2) is 0 Å². The Bertz CT molecular complexity index is 275. The summed E-state index contributed by atoms with van der Waals surface area (Å²) in [5.41, 5.74) is 5.26. The minimum atomic E-state index is -0.329. The molecule has 1 fully saturated rings. The highest BCUT2D eigenvalue weighted by Crippen LogP contribution is 2.15. The van der Waals surface area contributed by atoms with Crippen molar-refractivity contribution < 1.29 is 19.1 Å². The maximum atomic E-state index is 11.0. The molecule has 0 atom stereocenters. The van der Waals surface area contributed by atoms with E-state index in [9.17, 15) is 9.59 Å². The number of likely N-dealkylation sites (tertiary alicyclic amines) is 1. The molecule has 0 aromatic carbocycles. The zero-order valence-corrected chi connectivity index (χ0v) is 10.9. The molecule has 2 N–H and O–H groups in total. The molecule has 0 radical (unpaired) electrons. The van der Waals surface area contributed by atoms with E-state index in [1.807, 2.05) is 0 Å². The van der Waals surface area contributed by atoms with Crippen LogP contribution in [0.25, 0.3) is 0 Å². The van der Waals surface area contributed by atoms with Gasteiger partial charge in [0.2, 0.25) is 5.91 Å². The number of carbonyl (C=O) groups is 2. The van der Waals surface area contributed by atoms with E-state index in [4.69, 9.17) is 15.2 Å². The van der Waals surface area contributed by atoms with Crippen LogP contribution in [0, 0.1) is 5.92 Å². The molecule has 6 heteroatoms. The van der Waals surface area contributed by atoms with E-state index < -0.39 is 0 Å². The van der Waals surface area contributed by atoms with Crippen molar-refractivity contribution >= 4 is 11.9 Å². The number of hydrogen-bond donors (Lipinski definition) is 1. The molecule has 104 valence electrons. The molecule has 1 saturated heterocycles. The number of amides is 1. The van der Waals surface area contributed by atoms with Crippen LogP contribution in [0.1, 0.15) is 19.8 Å². The van der Waals surface area contributed by atoms with E-state index in [1.165, 1.54) is 0 Å². The van der Waals surface area contributed by atoms with E-state index in [0.29, 0.717) is 13.2 Å². The van der Waals surface area contributed by atoms with Gasteiger partial charge in [-0.25, -0.2) is 4.79 Å². The first-order chi connectivity index (χ1) is 8.63. The normalized spacial score (nSPS) is 17.6. The van der Waals surface area contributed by atoms with Crippen LogP contribution in [0.2, 0.25) is 0 Å². The van der Waals surface area contributed by atoms with E-state index in [2.05, 4.69) is 4.90 Å². The van der Waals surface area contributed by atoms with E-state index in [1.54, 1.807) is 6.92 Å². The topological polar surface area (TPSA) is 81.9 Å². The van der Waals surface area contributed by atoms with Crippen LogP contribution in [-0.2, 0) is 19.1 Å². The van der Waals surface area contributed by atoms with Gasteiger partial charge in [-0.05, 0) is 32.9 Å². The molecule has 0 bridgehead atoms. The molecule has 0 saturated carbocycles. The lowest BCUT2D eigenvalue weighted by molar-refractivity contribution is -0.148. The number of esters is 1. The predicted molar refractivity (Wildman–Crippen MR) is 65.8 cm³/mol. The fourth-order valence-corrected chi connectivity index (χ4v) is 1.99. The van der Waals surface area contributed by atoms with Gasteiger partial charge in [-0.1, -0.05) is 0 Å². The van der Waals surface area contributed by atoms with Crippen molar-refractivity contribution in [2.75, 3.05) is 39.5 Å². The van der Waals surface area contributed by atoms with Crippen LogP contribution in [0.4, 0.5) is 0 Å². The van der Waals surface area contributed by atoms with Crippen molar-refractivity contribution in [2.45, 2.75) is 19.8 Å². The molecule has 18 heavy (non-hydrogen) atoms. The Morgan fingerprint density at radius 1 is 1.33 bits per heavy atom. The van der Waals surface area contributed by atoms with Crippen molar-refractivity contribution in [3.8, 4) is 0 Å². The van der Waals surface area contributed by atoms with Crippen molar-refractivity contribution in [1.82, 2.24) is 4.90 Å². The fourth-order valence-electron chi connectivity index (χ4n) is 1.99. The van der Waals surface area contributed by atoms with Crippen LogP contribution < -0.4 is 5.73 Å². The number of ether oxygens (including phenoxy) is 2. The third-order valence-corrected chi connectivity index (χ3v) is 3.07. The summed E-state index contributed by atoms with van der Waals surface area (Å²) >= 11 is 0. The SMILES string of the molecule is CCOC(=O)COCCN1CCC(C(N)=O)CC1. The third kappa shape index (κ3) is 5.46. The molecule has 0 aliphatic carbocycles. The summed E-state index contributed by atoms with van der Waals surface area (Å²) in [7, 11) is 0. The minimum Gasteiger partial charge on any atom is -0.464 e. The summed E-state index contributed by atoms with van der Waals surface area (Å²) in [6, 6.07) is 0. The highest BCUT2D eigenvalue weighted by atomic mass is 16.6. The van der Waals surface area contributed by atoms with Crippen molar-refractivity contribution in [1.29, 1.82) is 0 Å². The largest absolute Gasteiger partial charge is 0.464 e. The lowest BCUT2D eigenvalue weighted by Crippen LogP contribution is -2.40. The average molecular weight is 258 g/mol. The first-order valence-electron chi connectivity index (χ1n) is 6.38. The van der Waals surface area contributed by atoms with Crippen LogP contribution >= 0.6 is 0 Å². The van der Waals surface area contributed by atoms with Gasteiger partial charge in [0.1, 0.15) is 6.61 Å². The number of hydrogen-bond acceptors (Lipinski definition) is 5. The number of piperidine rings is 1.